The third kappa shape index (κ3) is 11.5. The van der Waals surface area contributed by atoms with Gasteiger partial charge in [0, 0.05) is 24.7 Å². The van der Waals surface area contributed by atoms with Crippen LogP contribution in [0.3, 0.4) is 0 Å². The van der Waals surface area contributed by atoms with Crippen LogP contribution in [-0.4, -0.2) is 86.0 Å². The Hall–Kier alpha value is -3.13. The van der Waals surface area contributed by atoms with E-state index >= 15 is 0 Å². The number of carboxylic acid groups (broad SMARTS) is 2. The number of imidazole rings is 1. The number of carboxylic acids is 2. The molecule has 3 amide bonds. The summed E-state index contributed by atoms with van der Waals surface area (Å²) in [6, 6.07) is -4.55. The van der Waals surface area contributed by atoms with E-state index in [4.69, 9.17) is 10.8 Å². The van der Waals surface area contributed by atoms with Crippen LogP contribution >= 0.6 is 11.8 Å². The molecule has 0 aliphatic heterocycles. The van der Waals surface area contributed by atoms with Crippen LogP contribution in [0, 0.1) is 5.92 Å². The SMILES string of the molecule is CSCCC(NC(=O)C(Cc1cnc[nH]1)NC(=O)C(CCC(=O)O)NC(=O)C(N)CC(C)C)C(=O)O. The first-order valence-electron chi connectivity index (χ1n) is 11.5. The Morgan fingerprint density at radius 2 is 1.61 bits per heavy atom. The molecule has 8 N–H and O–H groups in total. The van der Waals surface area contributed by atoms with E-state index in [0.717, 1.165) is 0 Å². The van der Waals surface area contributed by atoms with Gasteiger partial charge >= 0.3 is 11.9 Å². The minimum absolute atomic E-state index is 0.0428. The van der Waals surface area contributed by atoms with Gasteiger partial charge in [-0.2, -0.15) is 11.8 Å². The van der Waals surface area contributed by atoms with E-state index in [1.165, 1.54) is 24.3 Å². The monoisotopic (exact) mass is 528 g/mol. The van der Waals surface area contributed by atoms with Crippen molar-refractivity contribution in [2.75, 3.05) is 12.0 Å². The lowest BCUT2D eigenvalue weighted by Gasteiger charge is -2.25. The van der Waals surface area contributed by atoms with Gasteiger partial charge in [-0.25, -0.2) is 9.78 Å². The van der Waals surface area contributed by atoms with Crippen LogP contribution in [0.2, 0.25) is 0 Å². The van der Waals surface area contributed by atoms with Crippen molar-refractivity contribution in [1.29, 1.82) is 0 Å². The Morgan fingerprint density at radius 1 is 1.00 bits per heavy atom. The molecule has 0 aliphatic rings. The van der Waals surface area contributed by atoms with Crippen molar-refractivity contribution in [2.45, 2.75) is 70.1 Å². The zero-order chi connectivity index (χ0) is 27.3. The Morgan fingerprint density at radius 3 is 2.14 bits per heavy atom. The highest BCUT2D eigenvalue weighted by atomic mass is 32.2. The molecular weight excluding hydrogens is 492 g/mol. The van der Waals surface area contributed by atoms with E-state index in [2.05, 4.69) is 25.9 Å². The summed E-state index contributed by atoms with van der Waals surface area (Å²) < 4.78 is 0. The standard InChI is InChI=1S/C22H36N6O7S/c1-12(2)8-14(23)19(31)26-15(4-5-18(29)30)20(32)28-17(9-13-10-24-11-25-13)21(33)27-16(22(34)35)6-7-36-3/h10-12,14-17H,4-9,23H2,1-3H3,(H,24,25)(H,26,31)(H,27,33)(H,28,32)(H,29,30)(H,34,35). The zero-order valence-electron chi connectivity index (χ0n) is 20.7. The number of hydrogen-bond donors (Lipinski definition) is 7. The molecule has 0 aliphatic carbocycles. The van der Waals surface area contributed by atoms with E-state index in [-0.39, 0.29) is 25.2 Å². The zero-order valence-corrected chi connectivity index (χ0v) is 21.5. The number of aromatic amines is 1. The van der Waals surface area contributed by atoms with Crippen LogP contribution < -0.4 is 21.7 Å². The van der Waals surface area contributed by atoms with Gasteiger partial charge in [-0.1, -0.05) is 13.8 Å². The highest BCUT2D eigenvalue weighted by Crippen LogP contribution is 2.07. The Balaban J connectivity index is 3.06. The van der Waals surface area contributed by atoms with Crippen molar-refractivity contribution >= 4 is 41.4 Å². The third-order valence-electron chi connectivity index (χ3n) is 5.18. The third-order valence-corrected chi connectivity index (χ3v) is 5.82. The number of thioether (sulfide) groups is 1. The first kappa shape index (κ1) is 30.9. The van der Waals surface area contributed by atoms with Gasteiger partial charge < -0.3 is 36.9 Å². The summed E-state index contributed by atoms with van der Waals surface area (Å²) in [7, 11) is 0. The van der Waals surface area contributed by atoms with Crippen molar-refractivity contribution < 1.29 is 34.2 Å². The molecule has 0 saturated carbocycles. The molecule has 0 aromatic carbocycles. The molecule has 1 heterocycles. The summed E-state index contributed by atoms with van der Waals surface area (Å²) in [5.74, 6) is -3.93. The summed E-state index contributed by atoms with van der Waals surface area (Å²) in [6.07, 6.45) is 4.49. The molecule has 0 radical (unpaired) electrons. The van der Waals surface area contributed by atoms with Gasteiger partial charge in [0.2, 0.25) is 17.7 Å². The van der Waals surface area contributed by atoms with Gasteiger partial charge in [0.1, 0.15) is 18.1 Å². The van der Waals surface area contributed by atoms with Gasteiger partial charge in [0.05, 0.1) is 12.4 Å². The number of aromatic nitrogens is 2. The molecule has 0 fully saturated rings. The van der Waals surface area contributed by atoms with E-state index in [1.807, 2.05) is 13.8 Å². The normalized spacial score (nSPS) is 14.4. The van der Waals surface area contributed by atoms with E-state index in [0.29, 0.717) is 17.9 Å². The molecule has 36 heavy (non-hydrogen) atoms. The summed E-state index contributed by atoms with van der Waals surface area (Å²) in [4.78, 5) is 68.0. The summed E-state index contributed by atoms with van der Waals surface area (Å²) in [5.41, 5.74) is 6.39. The number of amides is 3. The molecule has 4 atom stereocenters. The van der Waals surface area contributed by atoms with Gasteiger partial charge in [-0.05, 0) is 37.2 Å². The lowest BCUT2D eigenvalue weighted by atomic mass is 10.0. The second-order valence-electron chi connectivity index (χ2n) is 8.75. The molecule has 202 valence electrons. The van der Waals surface area contributed by atoms with Crippen molar-refractivity contribution in [3.63, 3.8) is 0 Å². The number of carbonyl (C=O) groups is 5. The molecule has 1 aromatic rings. The largest absolute Gasteiger partial charge is 0.481 e. The maximum absolute atomic E-state index is 13.1. The van der Waals surface area contributed by atoms with Crippen LogP contribution in [0.5, 0.6) is 0 Å². The second-order valence-corrected chi connectivity index (χ2v) is 9.74. The van der Waals surface area contributed by atoms with Crippen molar-refractivity contribution in [3.05, 3.63) is 18.2 Å². The van der Waals surface area contributed by atoms with E-state index in [9.17, 15) is 29.1 Å². The van der Waals surface area contributed by atoms with Crippen LogP contribution in [0.15, 0.2) is 12.5 Å². The quantitative estimate of drug-likeness (QED) is 0.137. The number of H-pyrrole nitrogens is 1. The topological polar surface area (TPSA) is 217 Å². The molecular formula is C22H36N6O7S. The number of rotatable bonds is 17. The number of nitrogens with two attached hydrogens (primary N) is 1. The van der Waals surface area contributed by atoms with E-state index in [1.54, 1.807) is 6.26 Å². The maximum Gasteiger partial charge on any atom is 0.326 e. The summed E-state index contributed by atoms with van der Waals surface area (Å²) in [5, 5.41) is 26.0. The molecule has 13 nitrogen and oxygen atoms in total. The Bertz CT molecular complexity index is 880. The van der Waals surface area contributed by atoms with Gasteiger partial charge in [-0.15, -0.1) is 0 Å². The first-order chi connectivity index (χ1) is 16.9. The van der Waals surface area contributed by atoms with Crippen LogP contribution in [-0.2, 0) is 30.4 Å². The number of aliphatic carboxylic acids is 2. The number of nitrogens with zero attached hydrogens (tertiary/aromatic N) is 1. The fraction of sp³-hybridized carbons (Fsp3) is 0.636. The number of nitrogens with one attached hydrogen (secondary N) is 4. The molecule has 0 bridgehead atoms. The highest BCUT2D eigenvalue weighted by molar-refractivity contribution is 7.98. The van der Waals surface area contributed by atoms with Crippen LogP contribution in [0.1, 0.15) is 45.2 Å². The molecule has 0 spiro atoms. The van der Waals surface area contributed by atoms with Crippen molar-refractivity contribution in [2.24, 2.45) is 11.7 Å². The summed E-state index contributed by atoms with van der Waals surface area (Å²) in [6.45, 7) is 3.76. The lowest BCUT2D eigenvalue weighted by Crippen LogP contribution is -2.57. The second kappa shape index (κ2) is 15.8. The molecule has 1 aromatic heterocycles. The fourth-order valence-electron chi connectivity index (χ4n) is 3.29. The molecule has 4 unspecified atom stereocenters. The number of hydrogen-bond acceptors (Lipinski definition) is 8. The molecule has 14 heteroatoms. The maximum atomic E-state index is 13.1. The van der Waals surface area contributed by atoms with Crippen LogP contribution in [0.25, 0.3) is 0 Å². The minimum Gasteiger partial charge on any atom is -0.481 e. The number of carbonyl (C=O) groups excluding carboxylic acids is 3. The minimum atomic E-state index is -1.27. The predicted molar refractivity (Wildman–Crippen MR) is 133 cm³/mol. The van der Waals surface area contributed by atoms with Gasteiger partial charge in [0.25, 0.3) is 0 Å². The molecule has 1 rings (SSSR count). The first-order valence-corrected chi connectivity index (χ1v) is 12.9. The highest BCUT2D eigenvalue weighted by Gasteiger charge is 2.31. The Kier molecular flexibility index (Phi) is 13.5. The summed E-state index contributed by atoms with van der Waals surface area (Å²) >= 11 is 1.42. The lowest BCUT2D eigenvalue weighted by molar-refractivity contribution is -0.142. The van der Waals surface area contributed by atoms with Crippen molar-refractivity contribution in [1.82, 2.24) is 25.9 Å². The van der Waals surface area contributed by atoms with Gasteiger partial charge in [-0.3, -0.25) is 19.2 Å². The smallest absolute Gasteiger partial charge is 0.326 e. The van der Waals surface area contributed by atoms with Crippen LogP contribution in [0.4, 0.5) is 0 Å². The van der Waals surface area contributed by atoms with Gasteiger partial charge in [0.15, 0.2) is 0 Å². The fourth-order valence-corrected chi connectivity index (χ4v) is 3.76. The van der Waals surface area contributed by atoms with Crippen molar-refractivity contribution in [3.8, 4) is 0 Å². The average Bonchev–Trinajstić information content (AvgIpc) is 3.30. The molecule has 0 saturated heterocycles. The van der Waals surface area contributed by atoms with E-state index < -0.39 is 60.2 Å². The average molecular weight is 529 g/mol. The Labute approximate surface area is 213 Å². The predicted octanol–water partition coefficient (Wildman–Crippen LogP) is -0.517.